The number of hydrogen-bond donors (Lipinski definition) is 0. The Morgan fingerprint density at radius 3 is 2.38 bits per heavy atom. The van der Waals surface area contributed by atoms with Crippen molar-refractivity contribution in [3.05, 3.63) is 12.2 Å². The summed E-state index contributed by atoms with van der Waals surface area (Å²) in [5.74, 6) is 0. The maximum atomic E-state index is 5.51. The van der Waals surface area contributed by atoms with E-state index >= 15 is 0 Å². The fourth-order valence-corrected chi connectivity index (χ4v) is 1.29. The molecule has 0 aromatic rings. The molecule has 13 heavy (non-hydrogen) atoms. The van der Waals surface area contributed by atoms with Crippen LogP contribution >= 0.6 is 34.8 Å². The molecule has 1 heterocycles. The lowest BCUT2D eigenvalue weighted by molar-refractivity contribution is -0.0457. The van der Waals surface area contributed by atoms with E-state index in [0.29, 0.717) is 13.2 Å². The quantitative estimate of drug-likeness (QED) is 0.562. The van der Waals surface area contributed by atoms with Crippen molar-refractivity contribution < 1.29 is 9.47 Å². The van der Waals surface area contributed by atoms with Crippen LogP contribution in [0.4, 0.5) is 0 Å². The smallest absolute Gasteiger partial charge is 0.209 e. The number of halogens is 3. The molecule has 0 aliphatic carbocycles. The third-order valence-corrected chi connectivity index (χ3v) is 1.94. The van der Waals surface area contributed by atoms with Crippen molar-refractivity contribution in [3.8, 4) is 0 Å². The largest absolute Gasteiger partial charge is 0.350 e. The lowest BCUT2D eigenvalue weighted by Crippen LogP contribution is -2.06. The third-order valence-electron chi connectivity index (χ3n) is 1.57. The first-order valence-electron chi connectivity index (χ1n) is 4.05. The summed E-state index contributed by atoms with van der Waals surface area (Å²) in [5.41, 5.74) is 0. The highest BCUT2D eigenvalue weighted by molar-refractivity contribution is 6.68. The Morgan fingerprint density at radius 2 is 1.85 bits per heavy atom. The predicted octanol–water partition coefficient (Wildman–Crippen LogP) is 3.07. The second kappa shape index (κ2) is 5.42. The van der Waals surface area contributed by atoms with E-state index in [-0.39, 0.29) is 6.29 Å². The molecule has 76 valence electrons. The van der Waals surface area contributed by atoms with Gasteiger partial charge in [0.15, 0.2) is 6.29 Å². The highest BCUT2D eigenvalue weighted by Crippen LogP contribution is 2.27. The molecule has 0 saturated carbocycles. The second-order valence-corrected chi connectivity index (χ2v) is 5.06. The Hall–Kier alpha value is 0.530. The molecule has 0 aromatic carbocycles. The van der Waals surface area contributed by atoms with Crippen LogP contribution < -0.4 is 0 Å². The molecule has 2 nitrogen and oxygen atoms in total. The molecule has 0 spiro atoms. The first kappa shape index (κ1) is 11.6. The van der Waals surface area contributed by atoms with E-state index in [1.54, 1.807) is 0 Å². The monoisotopic (exact) mass is 244 g/mol. The summed E-state index contributed by atoms with van der Waals surface area (Å²) in [6, 6.07) is 0. The Kier molecular flexibility index (Phi) is 4.84. The number of rotatable bonds is 3. The molecule has 0 radical (unpaired) electrons. The van der Waals surface area contributed by atoms with Gasteiger partial charge in [0.05, 0.1) is 13.2 Å². The van der Waals surface area contributed by atoms with Gasteiger partial charge in [0.25, 0.3) is 0 Å². The summed E-state index contributed by atoms with van der Waals surface area (Å²) < 4.78 is 9.17. The van der Waals surface area contributed by atoms with Crippen LogP contribution in [0.2, 0.25) is 0 Å². The van der Waals surface area contributed by atoms with E-state index in [4.69, 9.17) is 44.3 Å². The van der Waals surface area contributed by atoms with Crippen molar-refractivity contribution >= 4 is 34.8 Å². The molecule has 1 aliphatic heterocycles. The van der Waals surface area contributed by atoms with Gasteiger partial charge in [-0.2, -0.15) is 0 Å². The molecule has 1 aliphatic rings. The predicted molar refractivity (Wildman–Crippen MR) is 54.4 cm³/mol. The lowest BCUT2D eigenvalue weighted by Gasteiger charge is -2.06. The Morgan fingerprint density at radius 1 is 1.23 bits per heavy atom. The van der Waals surface area contributed by atoms with Crippen LogP contribution in [-0.4, -0.2) is 23.3 Å². The molecular formula is C8H11Cl3O2. The molecule has 0 atom stereocenters. The fraction of sp³-hybridized carbons (Fsp3) is 0.750. The van der Waals surface area contributed by atoms with Gasteiger partial charge in [-0.05, 0) is 12.5 Å². The van der Waals surface area contributed by atoms with Crippen molar-refractivity contribution in [1.29, 1.82) is 0 Å². The summed E-state index contributed by atoms with van der Waals surface area (Å²) in [7, 11) is 0. The minimum atomic E-state index is -1.29. The fourth-order valence-electron chi connectivity index (χ4n) is 1.02. The average molecular weight is 246 g/mol. The summed E-state index contributed by atoms with van der Waals surface area (Å²) in [6.07, 6.45) is 4.86. The van der Waals surface area contributed by atoms with Gasteiger partial charge in [-0.25, -0.2) is 0 Å². The van der Waals surface area contributed by atoms with Crippen molar-refractivity contribution in [2.75, 3.05) is 13.2 Å². The molecule has 0 bridgehead atoms. The van der Waals surface area contributed by atoms with E-state index in [1.807, 2.05) is 6.08 Å². The first-order valence-corrected chi connectivity index (χ1v) is 5.19. The van der Waals surface area contributed by atoms with Crippen LogP contribution in [0.5, 0.6) is 0 Å². The van der Waals surface area contributed by atoms with Gasteiger partial charge in [-0.3, -0.25) is 0 Å². The van der Waals surface area contributed by atoms with Crippen molar-refractivity contribution in [2.24, 2.45) is 0 Å². The highest BCUT2D eigenvalue weighted by atomic mass is 35.6. The SMILES string of the molecule is ClC(Cl)(Cl)/C=C/CCC1OCCO1. The number of allylic oxidation sites excluding steroid dienone is 2. The normalized spacial score (nSPS) is 20.2. The van der Waals surface area contributed by atoms with Gasteiger partial charge in [0, 0.05) is 6.42 Å². The molecule has 0 amide bonds. The number of alkyl halides is 3. The minimum absolute atomic E-state index is 0.0833. The molecule has 0 unspecified atom stereocenters. The highest BCUT2D eigenvalue weighted by Gasteiger charge is 2.16. The molecule has 0 aromatic heterocycles. The van der Waals surface area contributed by atoms with E-state index in [2.05, 4.69) is 0 Å². The average Bonchev–Trinajstić information content (AvgIpc) is 2.48. The van der Waals surface area contributed by atoms with Crippen LogP contribution in [0.1, 0.15) is 12.8 Å². The lowest BCUT2D eigenvalue weighted by atomic mass is 10.3. The van der Waals surface area contributed by atoms with E-state index in [9.17, 15) is 0 Å². The van der Waals surface area contributed by atoms with Crippen molar-refractivity contribution in [2.45, 2.75) is 22.9 Å². The van der Waals surface area contributed by atoms with Crippen LogP contribution in [0.3, 0.4) is 0 Å². The first-order chi connectivity index (χ1) is 6.08. The number of ether oxygens (including phenoxy) is 2. The molecular weight excluding hydrogens is 234 g/mol. The van der Waals surface area contributed by atoms with Crippen molar-refractivity contribution in [1.82, 2.24) is 0 Å². The Labute approximate surface area is 92.7 Å². The van der Waals surface area contributed by atoms with Gasteiger partial charge in [-0.1, -0.05) is 40.9 Å². The van der Waals surface area contributed by atoms with Gasteiger partial charge < -0.3 is 9.47 Å². The molecule has 1 saturated heterocycles. The Bertz CT molecular complexity index is 171. The molecule has 5 heteroatoms. The summed E-state index contributed by atoms with van der Waals surface area (Å²) in [6.45, 7) is 1.36. The topological polar surface area (TPSA) is 18.5 Å². The van der Waals surface area contributed by atoms with Gasteiger partial charge >= 0.3 is 0 Å². The zero-order valence-electron chi connectivity index (χ0n) is 7.01. The molecule has 0 N–H and O–H groups in total. The maximum Gasteiger partial charge on any atom is 0.209 e. The number of hydrogen-bond acceptors (Lipinski definition) is 2. The summed E-state index contributed by atoms with van der Waals surface area (Å²) in [5, 5.41) is 0. The van der Waals surface area contributed by atoms with Gasteiger partial charge in [-0.15, -0.1) is 0 Å². The van der Waals surface area contributed by atoms with E-state index < -0.39 is 3.79 Å². The Balaban J connectivity index is 2.09. The van der Waals surface area contributed by atoms with Crippen molar-refractivity contribution in [3.63, 3.8) is 0 Å². The second-order valence-electron chi connectivity index (χ2n) is 2.69. The van der Waals surface area contributed by atoms with Crippen LogP contribution in [0, 0.1) is 0 Å². The maximum absolute atomic E-state index is 5.51. The van der Waals surface area contributed by atoms with Crippen LogP contribution in [-0.2, 0) is 9.47 Å². The molecule has 1 fully saturated rings. The standard InChI is InChI=1S/C8H11Cl3O2/c9-8(10,11)4-2-1-3-7-12-5-6-13-7/h2,4,7H,1,3,5-6H2/b4-2+. The van der Waals surface area contributed by atoms with Gasteiger partial charge in [0.1, 0.15) is 0 Å². The zero-order chi connectivity index (χ0) is 9.73. The summed E-state index contributed by atoms with van der Waals surface area (Å²) >= 11 is 16.5. The van der Waals surface area contributed by atoms with E-state index in [1.165, 1.54) is 6.08 Å². The molecule has 1 rings (SSSR count). The minimum Gasteiger partial charge on any atom is -0.350 e. The summed E-state index contributed by atoms with van der Waals surface area (Å²) in [4.78, 5) is 0. The van der Waals surface area contributed by atoms with Crippen LogP contribution in [0.25, 0.3) is 0 Å². The third kappa shape index (κ3) is 5.76. The van der Waals surface area contributed by atoms with Crippen LogP contribution in [0.15, 0.2) is 12.2 Å². The van der Waals surface area contributed by atoms with E-state index in [0.717, 1.165) is 12.8 Å². The van der Waals surface area contributed by atoms with Gasteiger partial charge in [0.2, 0.25) is 3.79 Å². The zero-order valence-corrected chi connectivity index (χ0v) is 9.28.